The van der Waals surface area contributed by atoms with Gasteiger partial charge in [-0.2, -0.15) is 0 Å². The Kier molecular flexibility index (Phi) is 3.62. The Morgan fingerprint density at radius 3 is 3.00 bits per heavy atom. The van der Waals surface area contributed by atoms with Crippen LogP contribution in [0.5, 0.6) is 0 Å². The standard InChI is InChI=1S/C15H15NOS2/c17-15(14-8-11(18)9-19-14)16-13-7-3-5-10-4-1-2-6-12(10)13/h1-2,4,6,8-9,13,18H,3,5,7H2,(H,16,17). The summed E-state index contributed by atoms with van der Waals surface area (Å²) in [6.07, 6.45) is 3.26. The van der Waals surface area contributed by atoms with Gasteiger partial charge in [-0.3, -0.25) is 4.79 Å². The highest BCUT2D eigenvalue weighted by Crippen LogP contribution is 2.30. The molecule has 1 heterocycles. The third-order valence-corrected chi connectivity index (χ3v) is 4.85. The van der Waals surface area contributed by atoms with E-state index in [0.29, 0.717) is 0 Å². The zero-order chi connectivity index (χ0) is 13.2. The van der Waals surface area contributed by atoms with Crippen molar-refractivity contribution in [1.82, 2.24) is 5.32 Å². The van der Waals surface area contributed by atoms with Gasteiger partial charge in [0.25, 0.3) is 5.91 Å². The van der Waals surface area contributed by atoms with Gasteiger partial charge in [-0.1, -0.05) is 24.3 Å². The van der Waals surface area contributed by atoms with Crippen LogP contribution in [0.15, 0.2) is 40.6 Å². The Bertz CT molecular complexity index is 606. The summed E-state index contributed by atoms with van der Waals surface area (Å²) < 4.78 is 0. The summed E-state index contributed by atoms with van der Waals surface area (Å²) in [7, 11) is 0. The molecule has 0 aliphatic heterocycles. The van der Waals surface area contributed by atoms with E-state index in [4.69, 9.17) is 0 Å². The number of carbonyl (C=O) groups excluding carboxylic acids is 1. The Balaban J connectivity index is 1.79. The van der Waals surface area contributed by atoms with Gasteiger partial charge in [-0.25, -0.2) is 0 Å². The molecule has 1 amide bonds. The molecule has 3 rings (SSSR count). The molecule has 4 heteroatoms. The smallest absolute Gasteiger partial charge is 0.261 e. The van der Waals surface area contributed by atoms with Gasteiger partial charge in [-0.05, 0) is 36.5 Å². The Morgan fingerprint density at radius 2 is 2.21 bits per heavy atom. The maximum atomic E-state index is 12.2. The minimum absolute atomic E-state index is 0.00648. The van der Waals surface area contributed by atoms with Crippen molar-refractivity contribution in [2.24, 2.45) is 0 Å². The molecule has 0 radical (unpaired) electrons. The number of amides is 1. The molecule has 0 fully saturated rings. The first kappa shape index (κ1) is 12.8. The number of nitrogens with one attached hydrogen (secondary N) is 1. The molecule has 98 valence electrons. The Morgan fingerprint density at radius 1 is 1.37 bits per heavy atom. The van der Waals surface area contributed by atoms with E-state index < -0.39 is 0 Å². The number of thiophene rings is 1. The second-order valence-corrected chi connectivity index (χ2v) is 6.21. The molecule has 0 bridgehead atoms. The number of benzene rings is 1. The van der Waals surface area contributed by atoms with E-state index in [2.05, 4.69) is 36.1 Å². The quantitative estimate of drug-likeness (QED) is 0.808. The van der Waals surface area contributed by atoms with E-state index in [9.17, 15) is 4.79 Å². The minimum atomic E-state index is 0.00648. The highest BCUT2D eigenvalue weighted by atomic mass is 32.1. The maximum Gasteiger partial charge on any atom is 0.261 e. The van der Waals surface area contributed by atoms with Crippen molar-refractivity contribution in [3.63, 3.8) is 0 Å². The number of hydrogen-bond donors (Lipinski definition) is 2. The summed E-state index contributed by atoms with van der Waals surface area (Å²) in [6, 6.07) is 10.3. The lowest BCUT2D eigenvalue weighted by atomic mass is 9.88. The number of fused-ring (bicyclic) bond motifs is 1. The first-order valence-electron chi connectivity index (χ1n) is 6.40. The predicted octanol–water partition coefficient (Wildman–Crippen LogP) is 3.84. The molecule has 1 aromatic carbocycles. The molecule has 1 aliphatic rings. The van der Waals surface area contributed by atoms with Crippen LogP contribution in [0.2, 0.25) is 0 Å². The van der Waals surface area contributed by atoms with Gasteiger partial charge in [0.2, 0.25) is 0 Å². The zero-order valence-corrected chi connectivity index (χ0v) is 12.1. The van der Waals surface area contributed by atoms with Gasteiger partial charge in [-0.15, -0.1) is 24.0 Å². The van der Waals surface area contributed by atoms with Crippen LogP contribution >= 0.6 is 24.0 Å². The van der Waals surface area contributed by atoms with Crippen LogP contribution in [0.25, 0.3) is 0 Å². The number of rotatable bonds is 2. The molecular formula is C15H15NOS2. The highest BCUT2D eigenvalue weighted by Gasteiger charge is 2.22. The molecule has 19 heavy (non-hydrogen) atoms. The van der Waals surface area contributed by atoms with Crippen LogP contribution in [-0.4, -0.2) is 5.91 Å². The number of carbonyl (C=O) groups is 1. The molecule has 2 aromatic rings. The fourth-order valence-electron chi connectivity index (χ4n) is 2.58. The van der Waals surface area contributed by atoms with E-state index in [0.717, 1.165) is 29.0 Å². The van der Waals surface area contributed by atoms with Gasteiger partial charge in [0, 0.05) is 10.3 Å². The Hall–Kier alpha value is -1.26. The van der Waals surface area contributed by atoms with Crippen LogP contribution in [-0.2, 0) is 6.42 Å². The van der Waals surface area contributed by atoms with Crippen molar-refractivity contribution in [2.75, 3.05) is 0 Å². The monoisotopic (exact) mass is 289 g/mol. The topological polar surface area (TPSA) is 29.1 Å². The van der Waals surface area contributed by atoms with E-state index in [1.807, 2.05) is 17.5 Å². The fraction of sp³-hybridized carbons (Fsp3) is 0.267. The van der Waals surface area contributed by atoms with Crippen LogP contribution in [0, 0.1) is 0 Å². The third-order valence-electron chi connectivity index (χ3n) is 3.48. The van der Waals surface area contributed by atoms with Gasteiger partial charge in [0.15, 0.2) is 0 Å². The molecule has 0 saturated heterocycles. The summed E-state index contributed by atoms with van der Waals surface area (Å²) in [5.41, 5.74) is 2.63. The molecule has 0 saturated carbocycles. The summed E-state index contributed by atoms with van der Waals surface area (Å²) >= 11 is 5.68. The average molecular weight is 289 g/mol. The summed E-state index contributed by atoms with van der Waals surface area (Å²) in [5, 5.41) is 5.02. The van der Waals surface area contributed by atoms with E-state index >= 15 is 0 Å². The number of hydrogen-bond acceptors (Lipinski definition) is 3. The van der Waals surface area contributed by atoms with E-state index in [1.54, 1.807) is 0 Å². The molecule has 0 spiro atoms. The normalized spacial score (nSPS) is 17.8. The van der Waals surface area contributed by atoms with Crippen LogP contribution < -0.4 is 5.32 Å². The first-order valence-corrected chi connectivity index (χ1v) is 7.73. The highest BCUT2D eigenvalue weighted by molar-refractivity contribution is 7.80. The molecule has 1 N–H and O–H groups in total. The molecule has 1 aromatic heterocycles. The number of aryl methyl sites for hydroxylation is 1. The average Bonchev–Trinajstić information content (AvgIpc) is 2.86. The SMILES string of the molecule is O=C(NC1CCCc2ccccc21)c1cc(S)cs1. The summed E-state index contributed by atoms with van der Waals surface area (Å²) in [5.74, 6) is 0.00648. The lowest BCUT2D eigenvalue weighted by molar-refractivity contribution is 0.0937. The molecule has 1 aliphatic carbocycles. The predicted molar refractivity (Wildman–Crippen MR) is 81.2 cm³/mol. The maximum absolute atomic E-state index is 12.2. The van der Waals surface area contributed by atoms with Gasteiger partial charge >= 0.3 is 0 Å². The fourth-order valence-corrected chi connectivity index (χ4v) is 3.63. The zero-order valence-electron chi connectivity index (χ0n) is 10.4. The summed E-state index contributed by atoms with van der Waals surface area (Å²) in [6.45, 7) is 0. The van der Waals surface area contributed by atoms with Crippen molar-refractivity contribution in [2.45, 2.75) is 30.2 Å². The lowest BCUT2D eigenvalue weighted by Crippen LogP contribution is -2.30. The van der Waals surface area contributed by atoms with Crippen molar-refractivity contribution < 1.29 is 4.79 Å². The van der Waals surface area contributed by atoms with Crippen LogP contribution in [0.3, 0.4) is 0 Å². The van der Waals surface area contributed by atoms with Gasteiger partial charge in [0.1, 0.15) is 0 Å². The van der Waals surface area contributed by atoms with E-state index in [1.165, 1.54) is 22.5 Å². The van der Waals surface area contributed by atoms with E-state index in [-0.39, 0.29) is 11.9 Å². The number of thiol groups is 1. The molecule has 2 nitrogen and oxygen atoms in total. The molecular weight excluding hydrogens is 274 g/mol. The van der Waals surface area contributed by atoms with Crippen molar-refractivity contribution in [3.05, 3.63) is 51.7 Å². The van der Waals surface area contributed by atoms with Crippen molar-refractivity contribution in [3.8, 4) is 0 Å². The third kappa shape index (κ3) is 2.69. The Labute approximate surface area is 122 Å². The van der Waals surface area contributed by atoms with Crippen LogP contribution in [0.1, 0.15) is 39.7 Å². The first-order chi connectivity index (χ1) is 9.24. The van der Waals surface area contributed by atoms with Gasteiger partial charge in [0.05, 0.1) is 10.9 Å². The second kappa shape index (κ2) is 5.39. The molecule has 1 atom stereocenters. The van der Waals surface area contributed by atoms with Crippen molar-refractivity contribution in [1.29, 1.82) is 0 Å². The van der Waals surface area contributed by atoms with Gasteiger partial charge < -0.3 is 5.32 Å². The summed E-state index contributed by atoms with van der Waals surface area (Å²) in [4.78, 5) is 13.8. The van der Waals surface area contributed by atoms with Crippen molar-refractivity contribution >= 4 is 29.9 Å². The molecule has 1 unspecified atom stereocenters. The van der Waals surface area contributed by atoms with Crippen LogP contribution in [0.4, 0.5) is 0 Å². The largest absolute Gasteiger partial charge is 0.345 e. The lowest BCUT2D eigenvalue weighted by Gasteiger charge is -2.26. The minimum Gasteiger partial charge on any atom is -0.345 e. The second-order valence-electron chi connectivity index (χ2n) is 4.79.